The first-order chi connectivity index (χ1) is 8.27. The molecule has 0 fully saturated rings. The van der Waals surface area contributed by atoms with Crippen molar-refractivity contribution in [3.05, 3.63) is 29.8 Å². The minimum atomic E-state index is 0.617. The highest BCUT2D eigenvalue weighted by molar-refractivity contribution is 7.99. The second-order valence-electron chi connectivity index (χ2n) is 5.04. The zero-order valence-corrected chi connectivity index (χ0v) is 11.9. The molecule has 2 rings (SSSR count). The lowest BCUT2D eigenvalue weighted by Gasteiger charge is -2.29. The lowest BCUT2D eigenvalue weighted by Crippen LogP contribution is -2.38. The van der Waals surface area contributed by atoms with Gasteiger partial charge in [0.1, 0.15) is 0 Å². The highest BCUT2D eigenvalue weighted by Gasteiger charge is 2.31. The molecule has 0 amide bonds. The van der Waals surface area contributed by atoms with Gasteiger partial charge in [-0.05, 0) is 31.0 Å². The van der Waals surface area contributed by atoms with Gasteiger partial charge in [-0.25, -0.2) is 0 Å². The number of benzene rings is 1. The fraction of sp³-hybridized carbons (Fsp3) is 0.600. The first-order valence-electron chi connectivity index (χ1n) is 6.67. The van der Waals surface area contributed by atoms with E-state index in [-0.39, 0.29) is 0 Å². The molecule has 1 aliphatic heterocycles. The molecule has 3 atom stereocenters. The smallest absolute Gasteiger partial charge is 0.0167 e. The van der Waals surface area contributed by atoms with Gasteiger partial charge in [0.15, 0.2) is 0 Å². The van der Waals surface area contributed by atoms with Gasteiger partial charge < -0.3 is 5.32 Å². The SMILES string of the molecule is CCCC(C)C(NC)C1CSc2ccccc21. The number of nitrogens with one attached hydrogen (secondary N) is 1. The molecule has 17 heavy (non-hydrogen) atoms. The Labute approximate surface area is 109 Å². The van der Waals surface area contributed by atoms with Gasteiger partial charge >= 0.3 is 0 Å². The monoisotopic (exact) mass is 249 g/mol. The van der Waals surface area contributed by atoms with Crippen molar-refractivity contribution in [3.8, 4) is 0 Å². The fourth-order valence-electron chi connectivity index (χ4n) is 3.00. The van der Waals surface area contributed by atoms with Crippen molar-refractivity contribution in [3.63, 3.8) is 0 Å². The molecular weight excluding hydrogens is 226 g/mol. The predicted octanol–water partition coefficient (Wildman–Crippen LogP) is 3.90. The summed E-state index contributed by atoms with van der Waals surface area (Å²) in [6, 6.07) is 9.51. The van der Waals surface area contributed by atoms with Crippen LogP contribution in [0.15, 0.2) is 29.2 Å². The van der Waals surface area contributed by atoms with E-state index in [0.717, 1.165) is 5.92 Å². The molecule has 0 aliphatic carbocycles. The number of likely N-dealkylation sites (N-methyl/N-ethyl adjacent to an activating group) is 1. The summed E-state index contributed by atoms with van der Waals surface area (Å²) in [5, 5.41) is 3.56. The molecule has 1 aliphatic rings. The van der Waals surface area contributed by atoms with Crippen LogP contribution in [0.2, 0.25) is 0 Å². The van der Waals surface area contributed by atoms with Gasteiger partial charge in [-0.2, -0.15) is 0 Å². The summed E-state index contributed by atoms with van der Waals surface area (Å²) in [5.41, 5.74) is 1.56. The average molecular weight is 249 g/mol. The van der Waals surface area contributed by atoms with Crippen molar-refractivity contribution in [1.29, 1.82) is 0 Å². The summed E-state index contributed by atoms with van der Waals surface area (Å²) in [7, 11) is 2.11. The molecule has 94 valence electrons. The van der Waals surface area contributed by atoms with E-state index in [1.807, 2.05) is 11.8 Å². The highest BCUT2D eigenvalue weighted by Crippen LogP contribution is 2.42. The molecule has 0 bridgehead atoms. The van der Waals surface area contributed by atoms with Crippen LogP contribution in [0.4, 0.5) is 0 Å². The molecule has 1 N–H and O–H groups in total. The Morgan fingerprint density at radius 1 is 1.41 bits per heavy atom. The summed E-state index contributed by atoms with van der Waals surface area (Å²) >= 11 is 2.02. The van der Waals surface area contributed by atoms with Crippen LogP contribution in [0.3, 0.4) is 0 Å². The maximum absolute atomic E-state index is 3.56. The van der Waals surface area contributed by atoms with E-state index in [1.165, 1.54) is 23.5 Å². The van der Waals surface area contributed by atoms with Crippen molar-refractivity contribution in [2.24, 2.45) is 5.92 Å². The molecule has 2 heteroatoms. The number of thioether (sulfide) groups is 1. The molecule has 0 saturated heterocycles. The molecule has 1 aromatic carbocycles. The summed E-state index contributed by atoms with van der Waals surface area (Å²) in [4.78, 5) is 1.49. The number of hydrogen-bond donors (Lipinski definition) is 1. The van der Waals surface area contributed by atoms with Crippen LogP contribution < -0.4 is 5.32 Å². The van der Waals surface area contributed by atoms with E-state index in [1.54, 1.807) is 5.56 Å². The first kappa shape index (κ1) is 13.0. The first-order valence-corrected chi connectivity index (χ1v) is 7.65. The summed E-state index contributed by atoms with van der Waals surface area (Å²) in [5.74, 6) is 2.67. The Morgan fingerprint density at radius 2 is 2.18 bits per heavy atom. The topological polar surface area (TPSA) is 12.0 Å². The minimum absolute atomic E-state index is 0.617. The van der Waals surface area contributed by atoms with Crippen LogP contribution >= 0.6 is 11.8 Å². The molecular formula is C15H23NS. The molecule has 0 spiro atoms. The van der Waals surface area contributed by atoms with Gasteiger partial charge in [0, 0.05) is 22.6 Å². The van der Waals surface area contributed by atoms with E-state index in [2.05, 4.69) is 50.5 Å². The van der Waals surface area contributed by atoms with E-state index in [0.29, 0.717) is 12.0 Å². The van der Waals surface area contributed by atoms with Gasteiger partial charge in [-0.15, -0.1) is 11.8 Å². The Kier molecular flexibility index (Phi) is 4.52. The molecule has 3 unspecified atom stereocenters. The van der Waals surface area contributed by atoms with Crippen LogP contribution in [0, 0.1) is 5.92 Å². The van der Waals surface area contributed by atoms with Gasteiger partial charge in [0.2, 0.25) is 0 Å². The molecule has 0 aromatic heterocycles. The molecule has 0 radical (unpaired) electrons. The van der Waals surface area contributed by atoms with E-state index in [9.17, 15) is 0 Å². The van der Waals surface area contributed by atoms with Crippen molar-refractivity contribution < 1.29 is 0 Å². The Hall–Kier alpha value is -0.470. The Balaban J connectivity index is 2.17. The van der Waals surface area contributed by atoms with Crippen LogP contribution in [0.25, 0.3) is 0 Å². The van der Waals surface area contributed by atoms with Gasteiger partial charge in [0.25, 0.3) is 0 Å². The summed E-state index contributed by atoms with van der Waals surface area (Å²) in [6.45, 7) is 4.66. The van der Waals surface area contributed by atoms with Gasteiger partial charge in [-0.1, -0.05) is 38.5 Å². The number of fused-ring (bicyclic) bond motifs is 1. The third kappa shape index (κ3) is 2.69. The average Bonchev–Trinajstić information content (AvgIpc) is 2.75. The van der Waals surface area contributed by atoms with Crippen LogP contribution in [0.5, 0.6) is 0 Å². The molecule has 1 nitrogen and oxygen atoms in total. The summed E-state index contributed by atoms with van der Waals surface area (Å²) in [6.07, 6.45) is 2.59. The molecule has 0 saturated carbocycles. The largest absolute Gasteiger partial charge is 0.316 e. The standard InChI is InChI=1S/C15H23NS/c1-4-7-11(2)15(16-3)13-10-17-14-9-6-5-8-12(13)14/h5-6,8-9,11,13,15-16H,4,7,10H2,1-3H3. The normalized spacial score (nSPS) is 22.2. The fourth-order valence-corrected chi connectivity index (χ4v) is 4.31. The van der Waals surface area contributed by atoms with Gasteiger partial charge in [-0.3, -0.25) is 0 Å². The Morgan fingerprint density at radius 3 is 2.88 bits per heavy atom. The third-order valence-corrected chi connectivity index (χ3v) is 5.07. The van der Waals surface area contributed by atoms with E-state index < -0.39 is 0 Å². The summed E-state index contributed by atoms with van der Waals surface area (Å²) < 4.78 is 0. The third-order valence-electron chi connectivity index (χ3n) is 3.86. The maximum atomic E-state index is 3.56. The molecule has 1 aromatic rings. The second-order valence-corrected chi connectivity index (χ2v) is 6.10. The van der Waals surface area contributed by atoms with E-state index in [4.69, 9.17) is 0 Å². The van der Waals surface area contributed by atoms with Crippen molar-refractivity contribution >= 4 is 11.8 Å². The lowest BCUT2D eigenvalue weighted by molar-refractivity contribution is 0.337. The molecule has 1 heterocycles. The lowest BCUT2D eigenvalue weighted by atomic mass is 9.84. The Bertz CT molecular complexity index is 364. The zero-order valence-electron chi connectivity index (χ0n) is 11.1. The number of hydrogen-bond acceptors (Lipinski definition) is 2. The van der Waals surface area contributed by atoms with Crippen LogP contribution in [-0.2, 0) is 0 Å². The van der Waals surface area contributed by atoms with Crippen molar-refractivity contribution in [2.45, 2.75) is 43.5 Å². The van der Waals surface area contributed by atoms with Gasteiger partial charge in [0.05, 0.1) is 0 Å². The number of rotatable bonds is 5. The quantitative estimate of drug-likeness (QED) is 0.849. The maximum Gasteiger partial charge on any atom is 0.0167 e. The van der Waals surface area contributed by atoms with Crippen LogP contribution in [-0.4, -0.2) is 18.8 Å². The second kappa shape index (κ2) is 5.92. The predicted molar refractivity (Wildman–Crippen MR) is 76.8 cm³/mol. The van der Waals surface area contributed by atoms with Crippen molar-refractivity contribution in [2.75, 3.05) is 12.8 Å². The highest BCUT2D eigenvalue weighted by atomic mass is 32.2. The van der Waals surface area contributed by atoms with Crippen LogP contribution in [0.1, 0.15) is 38.2 Å². The minimum Gasteiger partial charge on any atom is -0.316 e. The van der Waals surface area contributed by atoms with Crippen molar-refractivity contribution in [1.82, 2.24) is 5.32 Å². The zero-order chi connectivity index (χ0) is 12.3. The van der Waals surface area contributed by atoms with E-state index >= 15 is 0 Å².